The number of hydrogen-bond donors (Lipinski definition) is 0. The van der Waals surface area contributed by atoms with Crippen molar-refractivity contribution in [3.05, 3.63) is 0 Å². The van der Waals surface area contributed by atoms with Crippen molar-refractivity contribution in [2.45, 2.75) is 25.3 Å². The van der Waals surface area contributed by atoms with E-state index in [1.165, 1.54) is 6.92 Å². The molecule has 0 aliphatic carbocycles. The number of ether oxygens (including phenoxy) is 2. The van der Waals surface area contributed by atoms with Crippen LogP contribution in [-0.4, -0.2) is 55.6 Å². The minimum Gasteiger partial charge on any atom is -0.463 e. The van der Waals surface area contributed by atoms with E-state index in [-0.39, 0.29) is 24.3 Å². The molecule has 1 unspecified atom stereocenters. The summed E-state index contributed by atoms with van der Waals surface area (Å²) in [5, 5.41) is 0. The standard InChI is InChI=1S/C12H19NO4/c1-9(14)17-8-12(7-16-2)11(15)10-3-5-13(12)6-4-10/h10H,3-8H2,1-2H3. The van der Waals surface area contributed by atoms with Crippen molar-refractivity contribution in [1.82, 2.24) is 4.90 Å². The van der Waals surface area contributed by atoms with Gasteiger partial charge in [0.2, 0.25) is 0 Å². The van der Waals surface area contributed by atoms with E-state index in [9.17, 15) is 9.59 Å². The molecule has 5 heteroatoms. The van der Waals surface area contributed by atoms with Gasteiger partial charge in [-0.3, -0.25) is 14.5 Å². The smallest absolute Gasteiger partial charge is 0.302 e. The first-order valence-electron chi connectivity index (χ1n) is 6.02. The van der Waals surface area contributed by atoms with Crippen LogP contribution in [0.3, 0.4) is 0 Å². The Hall–Kier alpha value is -0.940. The Morgan fingerprint density at radius 1 is 1.41 bits per heavy atom. The molecular weight excluding hydrogens is 222 g/mol. The molecule has 3 aliphatic rings. The van der Waals surface area contributed by atoms with Gasteiger partial charge in [0, 0.05) is 33.0 Å². The van der Waals surface area contributed by atoms with Crippen LogP contribution < -0.4 is 0 Å². The average molecular weight is 241 g/mol. The van der Waals surface area contributed by atoms with Crippen LogP contribution in [0.4, 0.5) is 0 Å². The number of carbonyl (C=O) groups is 2. The predicted octanol–water partition coefficient (Wildman–Crippen LogP) is 0.229. The van der Waals surface area contributed by atoms with Crippen molar-refractivity contribution in [3.63, 3.8) is 0 Å². The van der Waals surface area contributed by atoms with E-state index in [0.717, 1.165) is 25.9 Å². The van der Waals surface area contributed by atoms with Gasteiger partial charge in [-0.15, -0.1) is 0 Å². The summed E-state index contributed by atoms with van der Waals surface area (Å²) in [5.74, 6) is -0.0558. The highest BCUT2D eigenvalue weighted by atomic mass is 16.5. The molecule has 96 valence electrons. The van der Waals surface area contributed by atoms with E-state index in [1.54, 1.807) is 7.11 Å². The number of esters is 1. The number of hydrogen-bond acceptors (Lipinski definition) is 5. The highest BCUT2D eigenvalue weighted by Crippen LogP contribution is 2.36. The molecule has 3 heterocycles. The van der Waals surface area contributed by atoms with Gasteiger partial charge in [-0.25, -0.2) is 0 Å². The van der Waals surface area contributed by atoms with Crippen LogP contribution >= 0.6 is 0 Å². The Balaban J connectivity index is 2.19. The molecular formula is C12H19NO4. The van der Waals surface area contributed by atoms with Crippen LogP contribution in [0.25, 0.3) is 0 Å². The number of methoxy groups -OCH3 is 1. The van der Waals surface area contributed by atoms with Crippen molar-refractivity contribution in [2.24, 2.45) is 5.92 Å². The zero-order valence-electron chi connectivity index (χ0n) is 10.4. The maximum Gasteiger partial charge on any atom is 0.302 e. The summed E-state index contributed by atoms with van der Waals surface area (Å²) in [6.45, 7) is 3.56. The Morgan fingerprint density at radius 3 is 2.53 bits per heavy atom. The lowest BCUT2D eigenvalue weighted by atomic mass is 9.74. The summed E-state index contributed by atoms with van der Waals surface area (Å²) in [6, 6.07) is 0. The summed E-state index contributed by atoms with van der Waals surface area (Å²) in [7, 11) is 1.58. The molecule has 0 aromatic carbocycles. The van der Waals surface area contributed by atoms with Gasteiger partial charge in [0.25, 0.3) is 0 Å². The van der Waals surface area contributed by atoms with Crippen molar-refractivity contribution >= 4 is 11.8 Å². The summed E-state index contributed by atoms with van der Waals surface area (Å²) in [4.78, 5) is 25.5. The Morgan fingerprint density at radius 2 is 2.06 bits per heavy atom. The third kappa shape index (κ3) is 2.09. The van der Waals surface area contributed by atoms with Crippen molar-refractivity contribution in [2.75, 3.05) is 33.4 Å². The average Bonchev–Trinajstić information content (AvgIpc) is 2.33. The second kappa shape index (κ2) is 4.74. The van der Waals surface area contributed by atoms with Gasteiger partial charge in [-0.1, -0.05) is 0 Å². The number of carbonyl (C=O) groups excluding carboxylic acids is 2. The SMILES string of the molecule is COCC1(COC(C)=O)C(=O)C2CCN1CC2. The van der Waals surface area contributed by atoms with Gasteiger partial charge < -0.3 is 9.47 Å². The topological polar surface area (TPSA) is 55.8 Å². The fourth-order valence-corrected chi connectivity index (χ4v) is 2.93. The number of nitrogens with zero attached hydrogens (tertiary/aromatic N) is 1. The first-order valence-corrected chi connectivity index (χ1v) is 6.02. The lowest BCUT2D eigenvalue weighted by molar-refractivity contribution is -0.166. The van der Waals surface area contributed by atoms with Gasteiger partial charge in [0.15, 0.2) is 5.78 Å². The molecule has 2 bridgehead atoms. The quantitative estimate of drug-likeness (QED) is 0.659. The van der Waals surface area contributed by atoms with Gasteiger partial charge in [-0.05, 0) is 12.8 Å². The van der Waals surface area contributed by atoms with Crippen LogP contribution in [0.1, 0.15) is 19.8 Å². The molecule has 0 aromatic rings. The number of piperidine rings is 3. The number of ketones is 1. The minimum atomic E-state index is -0.735. The lowest BCUT2D eigenvalue weighted by Crippen LogP contribution is -2.69. The number of Topliss-reactive ketones (excluding diaryl/α,β-unsaturated/α-hetero) is 1. The Kier molecular flexibility index (Phi) is 3.49. The van der Waals surface area contributed by atoms with Crippen LogP contribution in [0.2, 0.25) is 0 Å². The van der Waals surface area contributed by atoms with E-state index in [2.05, 4.69) is 4.90 Å². The molecule has 3 aliphatic heterocycles. The summed E-state index contributed by atoms with van der Waals surface area (Å²) in [6.07, 6.45) is 1.84. The molecule has 3 fully saturated rings. The van der Waals surface area contributed by atoms with Crippen molar-refractivity contribution < 1.29 is 19.1 Å². The van der Waals surface area contributed by atoms with Crippen LogP contribution in [0.5, 0.6) is 0 Å². The Labute approximate surface area is 101 Å². The normalized spacial score (nSPS) is 36.0. The number of fused-ring (bicyclic) bond motifs is 3. The van der Waals surface area contributed by atoms with Crippen LogP contribution in [0, 0.1) is 5.92 Å². The Bertz CT molecular complexity index is 322. The lowest BCUT2D eigenvalue weighted by Gasteiger charge is -2.51. The molecule has 0 saturated carbocycles. The third-order valence-electron chi connectivity index (χ3n) is 3.83. The summed E-state index contributed by atoms with van der Waals surface area (Å²) < 4.78 is 10.3. The first kappa shape index (κ1) is 12.5. The van der Waals surface area contributed by atoms with E-state index in [4.69, 9.17) is 9.47 Å². The predicted molar refractivity (Wildman–Crippen MR) is 60.5 cm³/mol. The third-order valence-corrected chi connectivity index (χ3v) is 3.83. The van der Waals surface area contributed by atoms with Gasteiger partial charge in [-0.2, -0.15) is 0 Å². The van der Waals surface area contributed by atoms with E-state index in [0.29, 0.717) is 6.61 Å². The van der Waals surface area contributed by atoms with Crippen molar-refractivity contribution in [3.8, 4) is 0 Å². The van der Waals surface area contributed by atoms with E-state index in [1.807, 2.05) is 0 Å². The minimum absolute atomic E-state index is 0.116. The van der Waals surface area contributed by atoms with Crippen molar-refractivity contribution in [1.29, 1.82) is 0 Å². The fourth-order valence-electron chi connectivity index (χ4n) is 2.93. The monoisotopic (exact) mass is 241 g/mol. The zero-order chi connectivity index (χ0) is 12.5. The zero-order valence-corrected chi connectivity index (χ0v) is 10.4. The van der Waals surface area contributed by atoms with Gasteiger partial charge >= 0.3 is 5.97 Å². The highest BCUT2D eigenvalue weighted by molar-refractivity contribution is 5.92. The number of rotatable bonds is 4. The second-order valence-corrected chi connectivity index (χ2v) is 4.87. The second-order valence-electron chi connectivity index (χ2n) is 4.87. The van der Waals surface area contributed by atoms with Crippen LogP contribution in [-0.2, 0) is 19.1 Å². The molecule has 3 saturated heterocycles. The molecule has 0 amide bonds. The molecule has 3 rings (SSSR count). The fraction of sp³-hybridized carbons (Fsp3) is 0.833. The molecule has 0 aromatic heterocycles. The summed E-state index contributed by atoms with van der Waals surface area (Å²) in [5.41, 5.74) is -0.735. The molecule has 0 radical (unpaired) electrons. The molecule has 0 N–H and O–H groups in total. The summed E-state index contributed by atoms with van der Waals surface area (Å²) >= 11 is 0. The molecule has 5 nitrogen and oxygen atoms in total. The first-order chi connectivity index (χ1) is 8.10. The maximum atomic E-state index is 12.4. The van der Waals surface area contributed by atoms with Gasteiger partial charge in [0.05, 0.1) is 6.61 Å². The molecule has 0 spiro atoms. The van der Waals surface area contributed by atoms with Gasteiger partial charge in [0.1, 0.15) is 12.1 Å². The highest BCUT2D eigenvalue weighted by Gasteiger charge is 2.53. The van der Waals surface area contributed by atoms with E-state index >= 15 is 0 Å². The maximum absolute atomic E-state index is 12.4. The molecule has 1 atom stereocenters. The van der Waals surface area contributed by atoms with E-state index < -0.39 is 5.54 Å². The molecule has 17 heavy (non-hydrogen) atoms. The largest absolute Gasteiger partial charge is 0.463 e. The van der Waals surface area contributed by atoms with Crippen LogP contribution in [0.15, 0.2) is 0 Å².